The summed E-state index contributed by atoms with van der Waals surface area (Å²) < 4.78 is 5.33. The molecule has 100 valence electrons. The first-order valence-corrected chi connectivity index (χ1v) is 7.09. The average molecular weight is 255 g/mol. The Balaban J connectivity index is 1.92. The van der Waals surface area contributed by atoms with Gasteiger partial charge in [0, 0.05) is 6.04 Å². The number of ether oxygens (including phenoxy) is 1. The van der Waals surface area contributed by atoms with E-state index in [1.807, 2.05) is 6.07 Å². The van der Waals surface area contributed by atoms with Crippen LogP contribution in [0.3, 0.4) is 0 Å². The van der Waals surface area contributed by atoms with E-state index in [0.717, 1.165) is 18.1 Å². The molecular formula is C17H21NO. The predicted octanol–water partition coefficient (Wildman–Crippen LogP) is 3.52. The Morgan fingerprint density at radius 2 is 2.11 bits per heavy atom. The van der Waals surface area contributed by atoms with Crippen LogP contribution in [-0.4, -0.2) is 13.2 Å². The van der Waals surface area contributed by atoms with E-state index in [0.29, 0.717) is 6.04 Å². The lowest BCUT2D eigenvalue weighted by molar-refractivity contribution is 0.261. The smallest absolute Gasteiger partial charge is 0.119 e. The maximum Gasteiger partial charge on any atom is 0.119 e. The highest BCUT2D eigenvalue weighted by Gasteiger charge is 2.24. The minimum Gasteiger partial charge on any atom is -0.497 e. The summed E-state index contributed by atoms with van der Waals surface area (Å²) in [4.78, 5) is 0. The molecule has 2 aromatic rings. The van der Waals surface area contributed by atoms with Crippen molar-refractivity contribution in [1.82, 2.24) is 0 Å². The molecule has 0 radical (unpaired) electrons. The molecule has 2 aromatic carbocycles. The number of nitrogens with two attached hydrogens (primary N) is 1. The van der Waals surface area contributed by atoms with Gasteiger partial charge >= 0.3 is 0 Å². The number of fused-ring (bicyclic) bond motifs is 1. The lowest BCUT2D eigenvalue weighted by Crippen LogP contribution is -2.36. The standard InChI is InChI=1S/C17H21NO/c1-19-15-9-8-12-4-2-7-14(16(12)11-15)10-17(18)13-5-3-6-13/h2,4,7-9,11,13,17H,3,5-6,10,18H2,1H3. The molecule has 1 unspecified atom stereocenters. The summed E-state index contributed by atoms with van der Waals surface area (Å²) in [6.45, 7) is 0. The van der Waals surface area contributed by atoms with Gasteiger partial charge in [0.25, 0.3) is 0 Å². The lowest BCUT2D eigenvalue weighted by atomic mass is 9.78. The fourth-order valence-electron chi connectivity index (χ4n) is 2.91. The minimum absolute atomic E-state index is 0.297. The summed E-state index contributed by atoms with van der Waals surface area (Å²) in [5.41, 5.74) is 7.68. The zero-order chi connectivity index (χ0) is 13.2. The second-order valence-corrected chi connectivity index (χ2v) is 5.56. The fraction of sp³-hybridized carbons (Fsp3) is 0.412. The third-order valence-corrected chi connectivity index (χ3v) is 4.39. The Morgan fingerprint density at radius 3 is 2.79 bits per heavy atom. The predicted molar refractivity (Wildman–Crippen MR) is 79.5 cm³/mol. The van der Waals surface area contributed by atoms with E-state index in [9.17, 15) is 0 Å². The molecule has 0 bridgehead atoms. The molecule has 1 aliphatic carbocycles. The molecule has 1 fully saturated rings. The van der Waals surface area contributed by atoms with Crippen LogP contribution in [-0.2, 0) is 6.42 Å². The molecule has 0 aliphatic heterocycles. The summed E-state index contributed by atoms with van der Waals surface area (Å²) in [6.07, 6.45) is 4.92. The van der Waals surface area contributed by atoms with Gasteiger partial charge < -0.3 is 10.5 Å². The minimum atomic E-state index is 0.297. The molecule has 2 heteroatoms. The molecule has 1 atom stereocenters. The van der Waals surface area contributed by atoms with Gasteiger partial charge in [0.15, 0.2) is 0 Å². The van der Waals surface area contributed by atoms with Gasteiger partial charge in [-0.2, -0.15) is 0 Å². The molecule has 0 spiro atoms. The van der Waals surface area contributed by atoms with Gasteiger partial charge in [0.1, 0.15) is 5.75 Å². The highest BCUT2D eigenvalue weighted by molar-refractivity contribution is 5.87. The molecule has 0 heterocycles. The van der Waals surface area contributed by atoms with E-state index in [2.05, 4.69) is 30.3 Å². The van der Waals surface area contributed by atoms with Crippen molar-refractivity contribution in [3.63, 3.8) is 0 Å². The molecule has 1 saturated carbocycles. The SMILES string of the molecule is COc1ccc2cccc(CC(N)C3CCC3)c2c1. The zero-order valence-electron chi connectivity index (χ0n) is 11.4. The topological polar surface area (TPSA) is 35.2 Å². The van der Waals surface area contributed by atoms with Crippen LogP contribution in [0.5, 0.6) is 5.75 Å². The quantitative estimate of drug-likeness (QED) is 0.907. The largest absolute Gasteiger partial charge is 0.497 e. The number of benzene rings is 2. The Hall–Kier alpha value is -1.54. The Morgan fingerprint density at radius 1 is 1.26 bits per heavy atom. The molecule has 2 N–H and O–H groups in total. The van der Waals surface area contributed by atoms with E-state index < -0.39 is 0 Å². The van der Waals surface area contributed by atoms with E-state index in [1.54, 1.807) is 7.11 Å². The lowest BCUT2D eigenvalue weighted by Gasteiger charge is -2.31. The van der Waals surface area contributed by atoms with Gasteiger partial charge in [-0.15, -0.1) is 0 Å². The summed E-state index contributed by atoms with van der Waals surface area (Å²) >= 11 is 0. The highest BCUT2D eigenvalue weighted by Crippen LogP contribution is 2.31. The van der Waals surface area contributed by atoms with Crippen molar-refractivity contribution in [2.75, 3.05) is 7.11 Å². The van der Waals surface area contributed by atoms with Gasteiger partial charge in [-0.05, 0) is 53.6 Å². The zero-order valence-corrected chi connectivity index (χ0v) is 11.4. The second kappa shape index (κ2) is 5.22. The fourth-order valence-corrected chi connectivity index (χ4v) is 2.91. The summed E-state index contributed by atoms with van der Waals surface area (Å²) in [5, 5.41) is 2.54. The van der Waals surface area contributed by atoms with Gasteiger partial charge in [0.05, 0.1) is 7.11 Å². The van der Waals surface area contributed by atoms with Crippen molar-refractivity contribution in [3.8, 4) is 5.75 Å². The van der Waals surface area contributed by atoms with E-state index >= 15 is 0 Å². The van der Waals surface area contributed by atoms with E-state index in [4.69, 9.17) is 10.5 Å². The van der Waals surface area contributed by atoms with E-state index in [-0.39, 0.29) is 0 Å². The molecule has 3 rings (SSSR count). The van der Waals surface area contributed by atoms with Crippen LogP contribution in [0.15, 0.2) is 36.4 Å². The Labute approximate surface area is 114 Å². The maximum atomic E-state index is 6.34. The van der Waals surface area contributed by atoms with Gasteiger partial charge in [-0.3, -0.25) is 0 Å². The van der Waals surface area contributed by atoms with Gasteiger partial charge in [-0.25, -0.2) is 0 Å². The molecule has 0 amide bonds. The van der Waals surface area contributed by atoms with Crippen molar-refractivity contribution >= 4 is 10.8 Å². The number of hydrogen-bond acceptors (Lipinski definition) is 2. The van der Waals surface area contributed by atoms with Crippen LogP contribution in [0.4, 0.5) is 0 Å². The summed E-state index contributed by atoms with van der Waals surface area (Å²) in [6, 6.07) is 13.0. The first-order valence-electron chi connectivity index (χ1n) is 7.09. The van der Waals surface area contributed by atoms with Gasteiger partial charge in [0.2, 0.25) is 0 Å². The van der Waals surface area contributed by atoms with Crippen molar-refractivity contribution in [2.24, 2.45) is 11.7 Å². The Kier molecular flexibility index (Phi) is 3.43. The van der Waals surface area contributed by atoms with E-state index in [1.165, 1.54) is 35.6 Å². The molecule has 0 aromatic heterocycles. The number of methoxy groups -OCH3 is 1. The molecule has 2 nitrogen and oxygen atoms in total. The van der Waals surface area contributed by atoms with Crippen molar-refractivity contribution in [3.05, 3.63) is 42.0 Å². The van der Waals surface area contributed by atoms with Crippen LogP contribution in [0.2, 0.25) is 0 Å². The molecule has 1 aliphatic rings. The average Bonchev–Trinajstić information content (AvgIpc) is 2.36. The van der Waals surface area contributed by atoms with Crippen LogP contribution in [0.25, 0.3) is 10.8 Å². The van der Waals surface area contributed by atoms with Gasteiger partial charge in [-0.1, -0.05) is 30.7 Å². The normalized spacial score (nSPS) is 17.2. The number of hydrogen-bond donors (Lipinski definition) is 1. The van der Waals surface area contributed by atoms with Crippen molar-refractivity contribution < 1.29 is 4.74 Å². The summed E-state index contributed by atoms with van der Waals surface area (Å²) in [5.74, 6) is 1.64. The summed E-state index contributed by atoms with van der Waals surface area (Å²) in [7, 11) is 1.71. The van der Waals surface area contributed by atoms with Crippen LogP contribution in [0.1, 0.15) is 24.8 Å². The monoisotopic (exact) mass is 255 g/mol. The van der Waals surface area contributed by atoms with Crippen LogP contribution in [0, 0.1) is 5.92 Å². The highest BCUT2D eigenvalue weighted by atomic mass is 16.5. The third-order valence-electron chi connectivity index (χ3n) is 4.39. The molecular weight excluding hydrogens is 234 g/mol. The molecule has 19 heavy (non-hydrogen) atoms. The first-order chi connectivity index (χ1) is 9.28. The van der Waals surface area contributed by atoms with Crippen LogP contribution < -0.4 is 10.5 Å². The maximum absolute atomic E-state index is 6.34. The first kappa shape index (κ1) is 12.5. The molecule has 0 saturated heterocycles. The van der Waals surface area contributed by atoms with Crippen molar-refractivity contribution in [2.45, 2.75) is 31.7 Å². The van der Waals surface area contributed by atoms with Crippen molar-refractivity contribution in [1.29, 1.82) is 0 Å². The van der Waals surface area contributed by atoms with Crippen LogP contribution >= 0.6 is 0 Å². The second-order valence-electron chi connectivity index (χ2n) is 5.56. The Bertz CT molecular complexity index is 574. The number of rotatable bonds is 4. The third kappa shape index (κ3) is 2.45.